The van der Waals surface area contributed by atoms with E-state index < -0.39 is 0 Å². The second-order valence-electron chi connectivity index (χ2n) is 9.81. The summed E-state index contributed by atoms with van der Waals surface area (Å²) < 4.78 is 6.19. The molecule has 0 bridgehead atoms. The van der Waals surface area contributed by atoms with Gasteiger partial charge >= 0.3 is 0 Å². The number of fused-ring (bicyclic) bond motifs is 1. The lowest BCUT2D eigenvalue weighted by Crippen LogP contribution is -2.52. The third-order valence-electron chi connectivity index (χ3n) is 7.16. The second kappa shape index (κ2) is 10.1. The third-order valence-corrected chi connectivity index (χ3v) is 7.16. The Morgan fingerprint density at radius 3 is 2.39 bits per heavy atom. The number of pyridine rings is 1. The summed E-state index contributed by atoms with van der Waals surface area (Å²) in [5, 5.41) is 0.776. The number of likely N-dealkylation sites (tertiary alicyclic amines) is 1. The van der Waals surface area contributed by atoms with Crippen LogP contribution in [0.5, 0.6) is 5.75 Å². The normalized spacial score (nSPS) is 17.7. The molecule has 2 fully saturated rings. The van der Waals surface area contributed by atoms with Gasteiger partial charge in [0.25, 0.3) is 5.91 Å². The molecular weight excluding hydrogens is 456 g/mol. The first kappa shape index (κ1) is 24.1. The minimum atomic E-state index is -0.267. The Kier molecular flexibility index (Phi) is 6.78. The van der Waals surface area contributed by atoms with Gasteiger partial charge in [0, 0.05) is 44.0 Å². The molecule has 8 heteroatoms. The Labute approximate surface area is 210 Å². The van der Waals surface area contributed by atoms with Crippen LogP contribution >= 0.6 is 0 Å². The van der Waals surface area contributed by atoms with E-state index in [1.54, 1.807) is 28.0 Å². The summed E-state index contributed by atoms with van der Waals surface area (Å²) in [5.41, 5.74) is 1.42. The van der Waals surface area contributed by atoms with E-state index in [4.69, 9.17) is 4.74 Å². The van der Waals surface area contributed by atoms with Crippen molar-refractivity contribution >= 4 is 28.4 Å². The summed E-state index contributed by atoms with van der Waals surface area (Å²) in [6.07, 6.45) is 2.24. The number of aromatic amines is 1. The molecule has 2 amide bonds. The molecule has 2 aliphatic rings. The number of piperazine rings is 1. The number of carbonyl (C=O) groups excluding carboxylic acids is 2. The highest BCUT2D eigenvalue weighted by atomic mass is 16.5. The molecule has 0 radical (unpaired) electrons. The van der Waals surface area contributed by atoms with E-state index >= 15 is 0 Å². The van der Waals surface area contributed by atoms with Crippen LogP contribution in [-0.2, 0) is 4.79 Å². The van der Waals surface area contributed by atoms with Gasteiger partial charge in [0.05, 0.1) is 11.1 Å². The first-order valence-electron chi connectivity index (χ1n) is 12.6. The van der Waals surface area contributed by atoms with Crippen LogP contribution in [-0.4, -0.2) is 71.5 Å². The largest absolute Gasteiger partial charge is 0.490 e. The van der Waals surface area contributed by atoms with Crippen LogP contribution in [0.4, 0.5) is 5.69 Å². The van der Waals surface area contributed by atoms with Gasteiger partial charge in [0.15, 0.2) is 0 Å². The number of nitrogens with zero attached hydrogens (tertiary/aromatic N) is 3. The van der Waals surface area contributed by atoms with Crippen molar-refractivity contribution in [2.75, 3.05) is 37.6 Å². The highest BCUT2D eigenvalue weighted by Gasteiger charge is 2.29. The van der Waals surface area contributed by atoms with E-state index in [0.717, 1.165) is 42.8 Å². The number of hydrogen-bond donors (Lipinski definition) is 1. The molecule has 1 aromatic heterocycles. The Hall–Kier alpha value is -3.65. The van der Waals surface area contributed by atoms with Crippen molar-refractivity contribution in [3.63, 3.8) is 0 Å². The summed E-state index contributed by atoms with van der Waals surface area (Å²) >= 11 is 0. The molecule has 5 rings (SSSR count). The SMILES string of the molecule is CC(C)N1CCC(Oc2ccc(N3CCN(C(=O)c4cccc5ccc(=O)[nH]c45)CC3=O)cc2)CC1. The quantitative estimate of drug-likeness (QED) is 0.596. The zero-order chi connectivity index (χ0) is 25.2. The van der Waals surface area contributed by atoms with Crippen molar-refractivity contribution in [2.24, 2.45) is 0 Å². The summed E-state index contributed by atoms with van der Waals surface area (Å²) in [4.78, 5) is 46.5. The molecule has 0 spiro atoms. The van der Waals surface area contributed by atoms with E-state index in [9.17, 15) is 14.4 Å². The van der Waals surface area contributed by atoms with Crippen molar-refractivity contribution in [2.45, 2.75) is 38.8 Å². The topological polar surface area (TPSA) is 85.9 Å². The van der Waals surface area contributed by atoms with E-state index in [1.165, 1.54) is 6.07 Å². The standard InChI is InChI=1S/C28H32N4O4/c1-19(2)30-14-12-23(13-15-30)36-22-9-7-21(8-10-22)32-17-16-31(18-26(32)34)28(35)24-5-3-4-20-6-11-25(33)29-27(20)24/h3-11,19,23H,12-18H2,1-2H3,(H,29,33). The van der Waals surface area contributed by atoms with Crippen molar-refractivity contribution in [1.29, 1.82) is 0 Å². The maximum absolute atomic E-state index is 13.2. The Bertz CT molecular complexity index is 1310. The number of carbonyl (C=O) groups is 2. The van der Waals surface area contributed by atoms with Crippen molar-refractivity contribution in [1.82, 2.24) is 14.8 Å². The zero-order valence-corrected chi connectivity index (χ0v) is 20.8. The summed E-state index contributed by atoms with van der Waals surface area (Å²) in [7, 11) is 0. The van der Waals surface area contributed by atoms with Gasteiger partial charge in [-0.3, -0.25) is 14.4 Å². The van der Waals surface area contributed by atoms with Crippen LogP contribution < -0.4 is 15.2 Å². The molecule has 2 aromatic carbocycles. The first-order valence-corrected chi connectivity index (χ1v) is 12.6. The molecular formula is C28H32N4O4. The van der Waals surface area contributed by atoms with Crippen LogP contribution in [0, 0.1) is 0 Å². The maximum Gasteiger partial charge on any atom is 0.256 e. The highest BCUT2D eigenvalue weighted by Crippen LogP contribution is 2.25. The average molecular weight is 489 g/mol. The number of H-pyrrole nitrogens is 1. The first-order chi connectivity index (χ1) is 17.4. The van der Waals surface area contributed by atoms with Crippen molar-refractivity contribution in [3.8, 4) is 5.75 Å². The molecule has 3 aromatic rings. The number of aromatic nitrogens is 1. The van der Waals surface area contributed by atoms with E-state index in [0.29, 0.717) is 30.2 Å². The number of hydrogen-bond acceptors (Lipinski definition) is 5. The molecule has 0 unspecified atom stereocenters. The monoisotopic (exact) mass is 488 g/mol. The predicted octanol–water partition coefficient (Wildman–Crippen LogP) is 3.27. The van der Waals surface area contributed by atoms with Crippen molar-refractivity contribution < 1.29 is 14.3 Å². The second-order valence-corrected chi connectivity index (χ2v) is 9.81. The summed E-state index contributed by atoms with van der Waals surface area (Å²) in [5.74, 6) is 0.411. The van der Waals surface area contributed by atoms with E-state index in [1.807, 2.05) is 30.3 Å². The van der Waals surface area contributed by atoms with Gasteiger partial charge in [0.1, 0.15) is 18.4 Å². The predicted molar refractivity (Wildman–Crippen MR) is 140 cm³/mol. The van der Waals surface area contributed by atoms with E-state index in [2.05, 4.69) is 23.7 Å². The zero-order valence-electron chi connectivity index (χ0n) is 20.8. The van der Waals surface area contributed by atoms with Crippen molar-refractivity contribution in [3.05, 3.63) is 70.5 Å². The minimum Gasteiger partial charge on any atom is -0.490 e. The number of para-hydroxylation sites is 1. The van der Waals surface area contributed by atoms with Crippen LogP contribution in [0.3, 0.4) is 0 Å². The molecule has 1 N–H and O–H groups in total. The number of anilines is 1. The Morgan fingerprint density at radius 2 is 1.69 bits per heavy atom. The fraction of sp³-hybridized carbons (Fsp3) is 0.393. The average Bonchev–Trinajstić information content (AvgIpc) is 2.89. The smallest absolute Gasteiger partial charge is 0.256 e. The minimum absolute atomic E-state index is 0.0149. The fourth-order valence-electron chi connectivity index (χ4n) is 5.05. The van der Waals surface area contributed by atoms with Crippen LogP contribution in [0.2, 0.25) is 0 Å². The number of rotatable bonds is 5. The van der Waals surface area contributed by atoms with Crippen LogP contribution in [0.15, 0.2) is 59.4 Å². The van der Waals surface area contributed by atoms with Gasteiger partial charge < -0.3 is 24.4 Å². The van der Waals surface area contributed by atoms with E-state index in [-0.39, 0.29) is 30.0 Å². The molecule has 8 nitrogen and oxygen atoms in total. The summed E-state index contributed by atoms with van der Waals surface area (Å²) in [6.45, 7) is 7.34. The van der Waals surface area contributed by atoms with Gasteiger partial charge in [0.2, 0.25) is 11.5 Å². The lowest BCUT2D eigenvalue weighted by molar-refractivity contribution is -0.120. The molecule has 0 saturated carbocycles. The third kappa shape index (κ3) is 4.99. The summed E-state index contributed by atoms with van der Waals surface area (Å²) in [6, 6.07) is 16.6. The number of amides is 2. The molecule has 3 heterocycles. The van der Waals surface area contributed by atoms with Crippen LogP contribution in [0.25, 0.3) is 10.9 Å². The Morgan fingerprint density at radius 1 is 0.944 bits per heavy atom. The van der Waals surface area contributed by atoms with Gasteiger partial charge in [-0.25, -0.2) is 0 Å². The number of nitrogens with one attached hydrogen (secondary N) is 1. The molecule has 0 aliphatic carbocycles. The molecule has 0 atom stereocenters. The lowest BCUT2D eigenvalue weighted by Gasteiger charge is -2.35. The number of benzene rings is 2. The maximum atomic E-state index is 13.2. The Balaban J connectivity index is 1.21. The van der Waals surface area contributed by atoms with Gasteiger partial charge in [-0.2, -0.15) is 0 Å². The molecule has 188 valence electrons. The number of piperidine rings is 1. The van der Waals surface area contributed by atoms with Crippen LogP contribution in [0.1, 0.15) is 37.0 Å². The van der Waals surface area contributed by atoms with Gasteiger partial charge in [-0.1, -0.05) is 12.1 Å². The fourth-order valence-corrected chi connectivity index (χ4v) is 5.05. The van der Waals surface area contributed by atoms with Gasteiger partial charge in [-0.05, 0) is 68.5 Å². The molecule has 2 aliphatic heterocycles. The highest BCUT2D eigenvalue weighted by molar-refractivity contribution is 6.07. The molecule has 2 saturated heterocycles. The lowest BCUT2D eigenvalue weighted by atomic mass is 10.1. The van der Waals surface area contributed by atoms with Gasteiger partial charge in [-0.15, -0.1) is 0 Å². The molecule has 36 heavy (non-hydrogen) atoms. The number of ether oxygens (including phenoxy) is 1.